The molecule has 0 bridgehead atoms. The molecular formula is C17H21NO3. The van der Waals surface area contributed by atoms with Crippen LogP contribution >= 0.6 is 0 Å². The second-order valence-corrected chi connectivity index (χ2v) is 5.33. The maximum absolute atomic E-state index is 12.6. The number of benzene rings is 1. The summed E-state index contributed by atoms with van der Waals surface area (Å²) in [6.07, 6.45) is 1.42. The maximum atomic E-state index is 12.6. The molecule has 4 nitrogen and oxygen atoms in total. The molecule has 0 aliphatic carbocycles. The van der Waals surface area contributed by atoms with Crippen molar-refractivity contribution in [2.75, 3.05) is 19.7 Å². The minimum absolute atomic E-state index is 0.00482. The van der Waals surface area contributed by atoms with Crippen LogP contribution in [0.5, 0.6) is 0 Å². The number of carbonyl (C=O) groups is 1. The van der Waals surface area contributed by atoms with E-state index in [4.69, 9.17) is 5.11 Å². The topological polar surface area (TPSA) is 60.8 Å². The molecule has 2 rings (SSSR count). The molecule has 0 unspecified atom stereocenters. The zero-order chi connectivity index (χ0) is 15.2. The molecule has 1 aromatic rings. The van der Waals surface area contributed by atoms with Crippen molar-refractivity contribution in [1.82, 2.24) is 4.90 Å². The van der Waals surface area contributed by atoms with Crippen LogP contribution in [0.1, 0.15) is 40.7 Å². The fourth-order valence-corrected chi connectivity index (χ4v) is 2.39. The van der Waals surface area contributed by atoms with Gasteiger partial charge in [0.1, 0.15) is 0 Å². The number of piperidine rings is 1. The van der Waals surface area contributed by atoms with E-state index in [-0.39, 0.29) is 18.6 Å². The highest BCUT2D eigenvalue weighted by molar-refractivity contribution is 5.96. The van der Waals surface area contributed by atoms with Crippen LogP contribution in [0.4, 0.5) is 0 Å². The fraction of sp³-hybridized carbons (Fsp3) is 0.471. The van der Waals surface area contributed by atoms with Crippen LogP contribution in [0.3, 0.4) is 0 Å². The lowest BCUT2D eigenvalue weighted by Crippen LogP contribution is -2.40. The second-order valence-electron chi connectivity index (χ2n) is 5.33. The Labute approximate surface area is 125 Å². The maximum Gasteiger partial charge on any atom is 0.254 e. The van der Waals surface area contributed by atoms with Gasteiger partial charge in [0, 0.05) is 30.6 Å². The third-order valence-corrected chi connectivity index (χ3v) is 3.69. The molecule has 1 aliphatic heterocycles. The predicted octanol–water partition coefficient (Wildman–Crippen LogP) is 1.33. The second kappa shape index (κ2) is 7.26. The van der Waals surface area contributed by atoms with E-state index in [1.807, 2.05) is 25.1 Å². The highest BCUT2D eigenvalue weighted by Crippen LogP contribution is 2.17. The van der Waals surface area contributed by atoms with Crippen LogP contribution < -0.4 is 0 Å². The van der Waals surface area contributed by atoms with Crippen molar-refractivity contribution in [3.05, 3.63) is 34.9 Å². The van der Waals surface area contributed by atoms with Gasteiger partial charge in [-0.3, -0.25) is 4.79 Å². The Morgan fingerprint density at radius 1 is 1.38 bits per heavy atom. The monoisotopic (exact) mass is 287 g/mol. The number of aliphatic hydroxyl groups is 2. The number of carbonyl (C=O) groups excluding carboxylic acids is 1. The third-order valence-electron chi connectivity index (χ3n) is 3.69. The van der Waals surface area contributed by atoms with E-state index in [9.17, 15) is 9.90 Å². The van der Waals surface area contributed by atoms with Crippen molar-refractivity contribution in [2.24, 2.45) is 0 Å². The molecular weight excluding hydrogens is 266 g/mol. The number of nitrogens with zero attached hydrogens (tertiary/aromatic N) is 1. The Balaban J connectivity index is 2.16. The lowest BCUT2D eigenvalue weighted by atomic mass is 10.0. The average molecular weight is 287 g/mol. The molecule has 4 heteroatoms. The van der Waals surface area contributed by atoms with Crippen molar-refractivity contribution in [3.8, 4) is 11.8 Å². The molecule has 1 saturated heterocycles. The number of amides is 1. The molecule has 1 amide bonds. The quantitative estimate of drug-likeness (QED) is 0.807. The van der Waals surface area contributed by atoms with Gasteiger partial charge in [0.25, 0.3) is 5.91 Å². The van der Waals surface area contributed by atoms with E-state index in [1.54, 1.807) is 4.90 Å². The third kappa shape index (κ3) is 4.07. The first kappa shape index (κ1) is 15.6. The Kier molecular flexibility index (Phi) is 5.38. The van der Waals surface area contributed by atoms with Crippen molar-refractivity contribution in [3.63, 3.8) is 0 Å². The number of hydrogen-bond donors (Lipinski definition) is 2. The largest absolute Gasteiger partial charge is 0.395 e. The Bertz CT molecular complexity index is 563. The van der Waals surface area contributed by atoms with Gasteiger partial charge in [-0.2, -0.15) is 0 Å². The molecule has 0 aromatic heterocycles. The van der Waals surface area contributed by atoms with E-state index >= 15 is 0 Å². The lowest BCUT2D eigenvalue weighted by Gasteiger charge is -2.30. The highest BCUT2D eigenvalue weighted by Gasteiger charge is 2.23. The van der Waals surface area contributed by atoms with E-state index in [0.29, 0.717) is 37.9 Å². The normalized spacial score (nSPS) is 15.5. The van der Waals surface area contributed by atoms with Crippen LogP contribution in [0.25, 0.3) is 0 Å². The summed E-state index contributed by atoms with van der Waals surface area (Å²) in [6.45, 7) is 3.15. The van der Waals surface area contributed by atoms with Gasteiger partial charge in [-0.1, -0.05) is 17.9 Å². The van der Waals surface area contributed by atoms with E-state index < -0.39 is 0 Å². The van der Waals surface area contributed by atoms with Crippen molar-refractivity contribution in [2.45, 2.75) is 32.3 Å². The molecule has 21 heavy (non-hydrogen) atoms. The van der Waals surface area contributed by atoms with Crippen LogP contribution in [-0.2, 0) is 0 Å². The fourth-order valence-electron chi connectivity index (χ4n) is 2.39. The van der Waals surface area contributed by atoms with Crippen LogP contribution in [-0.4, -0.2) is 46.8 Å². The zero-order valence-corrected chi connectivity index (χ0v) is 12.3. The molecule has 1 aromatic carbocycles. The average Bonchev–Trinajstić information content (AvgIpc) is 2.49. The van der Waals surface area contributed by atoms with E-state index in [1.165, 1.54) is 0 Å². The predicted molar refractivity (Wildman–Crippen MR) is 80.9 cm³/mol. The minimum atomic E-state index is -0.286. The minimum Gasteiger partial charge on any atom is -0.395 e. The summed E-state index contributed by atoms with van der Waals surface area (Å²) < 4.78 is 0. The van der Waals surface area contributed by atoms with Crippen molar-refractivity contribution >= 4 is 5.91 Å². The van der Waals surface area contributed by atoms with Gasteiger partial charge in [0.2, 0.25) is 0 Å². The molecule has 0 spiro atoms. The first-order chi connectivity index (χ1) is 10.1. The Morgan fingerprint density at radius 2 is 2.10 bits per heavy atom. The Hall–Kier alpha value is -1.83. The standard InChI is InChI=1S/C17H21NO3/c1-13-5-6-14(4-2-3-11-19)12-16(13)17(21)18-9-7-15(20)8-10-18/h5-6,12,15,19-20H,3,7-11H2,1H3. The number of aryl methyl sites for hydroxylation is 1. The van der Waals surface area contributed by atoms with Crippen molar-refractivity contribution < 1.29 is 15.0 Å². The molecule has 1 fully saturated rings. The number of aliphatic hydroxyl groups excluding tert-OH is 2. The molecule has 0 radical (unpaired) electrons. The molecule has 0 atom stereocenters. The van der Waals surface area contributed by atoms with Crippen molar-refractivity contribution in [1.29, 1.82) is 0 Å². The smallest absolute Gasteiger partial charge is 0.254 e. The van der Waals surface area contributed by atoms with Gasteiger partial charge < -0.3 is 15.1 Å². The van der Waals surface area contributed by atoms with Gasteiger partial charge in [0.15, 0.2) is 0 Å². The number of rotatable bonds is 2. The summed E-state index contributed by atoms with van der Waals surface area (Å²) in [4.78, 5) is 14.4. The molecule has 2 N–H and O–H groups in total. The van der Waals surface area contributed by atoms with Crippen LogP contribution in [0.15, 0.2) is 18.2 Å². The van der Waals surface area contributed by atoms with Gasteiger partial charge in [-0.05, 0) is 37.5 Å². The molecule has 112 valence electrons. The number of hydrogen-bond acceptors (Lipinski definition) is 3. The summed E-state index contributed by atoms with van der Waals surface area (Å²) in [5, 5.41) is 18.3. The summed E-state index contributed by atoms with van der Waals surface area (Å²) >= 11 is 0. The zero-order valence-electron chi connectivity index (χ0n) is 12.3. The van der Waals surface area contributed by atoms with E-state index in [0.717, 1.165) is 11.1 Å². The van der Waals surface area contributed by atoms with Crippen LogP contribution in [0, 0.1) is 18.8 Å². The van der Waals surface area contributed by atoms with Gasteiger partial charge in [-0.15, -0.1) is 0 Å². The van der Waals surface area contributed by atoms with Gasteiger partial charge in [-0.25, -0.2) is 0 Å². The first-order valence-corrected chi connectivity index (χ1v) is 7.29. The molecule has 1 aliphatic rings. The highest BCUT2D eigenvalue weighted by atomic mass is 16.3. The molecule has 0 saturated carbocycles. The van der Waals surface area contributed by atoms with Crippen LogP contribution in [0.2, 0.25) is 0 Å². The summed E-state index contributed by atoms with van der Waals surface area (Å²) in [7, 11) is 0. The Morgan fingerprint density at radius 3 is 2.76 bits per heavy atom. The number of likely N-dealkylation sites (tertiary alicyclic amines) is 1. The summed E-state index contributed by atoms with van der Waals surface area (Å²) in [5.74, 6) is 5.83. The lowest BCUT2D eigenvalue weighted by molar-refractivity contribution is 0.0546. The SMILES string of the molecule is Cc1ccc(C#CCCO)cc1C(=O)N1CCC(O)CC1. The summed E-state index contributed by atoms with van der Waals surface area (Å²) in [5.41, 5.74) is 2.38. The molecule has 1 heterocycles. The van der Waals surface area contributed by atoms with Gasteiger partial charge >= 0.3 is 0 Å². The summed E-state index contributed by atoms with van der Waals surface area (Å²) in [6, 6.07) is 5.60. The first-order valence-electron chi connectivity index (χ1n) is 7.29. The van der Waals surface area contributed by atoms with E-state index in [2.05, 4.69) is 11.8 Å². The van der Waals surface area contributed by atoms with Gasteiger partial charge in [0.05, 0.1) is 12.7 Å².